The third kappa shape index (κ3) is 2.44. The first-order chi connectivity index (χ1) is 11.6. The lowest BCUT2D eigenvalue weighted by Gasteiger charge is -2.37. The second-order valence-corrected chi connectivity index (χ2v) is 5.85. The lowest BCUT2D eigenvalue weighted by molar-refractivity contribution is -0.0601. The van der Waals surface area contributed by atoms with Gasteiger partial charge in [-0.2, -0.15) is 4.98 Å². The second kappa shape index (κ2) is 5.72. The summed E-state index contributed by atoms with van der Waals surface area (Å²) in [6.07, 6.45) is 3.19. The van der Waals surface area contributed by atoms with Crippen LogP contribution in [0.4, 0.5) is 0 Å². The van der Waals surface area contributed by atoms with Gasteiger partial charge < -0.3 is 19.1 Å². The molecule has 1 amide bonds. The number of hydrogen-bond donors (Lipinski definition) is 1. The number of hydrogen-bond acceptors (Lipinski definition) is 6. The minimum atomic E-state index is -0.406. The number of rotatable bonds is 2. The number of amides is 1. The van der Waals surface area contributed by atoms with Gasteiger partial charge in [0, 0.05) is 29.8 Å². The Kier molecular flexibility index (Phi) is 3.53. The maximum absolute atomic E-state index is 13.0. The maximum Gasteiger partial charge on any atom is 0.271 e. The molecule has 0 unspecified atom stereocenters. The topological polar surface area (TPSA) is 97.1 Å². The molecule has 124 valence electrons. The number of carbonyl (C=O) groups is 1. The fourth-order valence-corrected chi connectivity index (χ4v) is 3.06. The highest BCUT2D eigenvalue weighted by molar-refractivity contribution is 5.98. The lowest BCUT2D eigenvalue weighted by atomic mass is 10.1. The molecule has 1 aliphatic rings. The summed E-state index contributed by atoms with van der Waals surface area (Å²) in [4.78, 5) is 26.3. The molecule has 0 radical (unpaired) electrons. The first kappa shape index (κ1) is 14.8. The second-order valence-electron chi connectivity index (χ2n) is 5.85. The van der Waals surface area contributed by atoms with Crippen molar-refractivity contribution >= 4 is 16.8 Å². The molecule has 0 spiro atoms. The predicted molar refractivity (Wildman–Crippen MR) is 84.3 cm³/mol. The van der Waals surface area contributed by atoms with E-state index in [-0.39, 0.29) is 12.0 Å². The van der Waals surface area contributed by atoms with Gasteiger partial charge in [-0.25, -0.2) is 0 Å². The molecule has 1 N–H and O–H groups in total. The van der Waals surface area contributed by atoms with E-state index >= 15 is 0 Å². The minimum Gasteiger partial charge on any atom is -0.374 e. The van der Waals surface area contributed by atoms with E-state index in [0.29, 0.717) is 30.6 Å². The van der Waals surface area contributed by atoms with Gasteiger partial charge in [0.15, 0.2) is 5.82 Å². The molecule has 0 aliphatic carbocycles. The van der Waals surface area contributed by atoms with Crippen LogP contribution >= 0.6 is 0 Å². The molecule has 2 atom stereocenters. The van der Waals surface area contributed by atoms with Crippen molar-refractivity contribution in [3.05, 3.63) is 41.9 Å². The molecular formula is C16H17N5O3. The fraction of sp³-hybridized carbons (Fsp3) is 0.375. The van der Waals surface area contributed by atoms with Crippen LogP contribution < -0.4 is 0 Å². The van der Waals surface area contributed by atoms with Crippen molar-refractivity contribution in [3.8, 4) is 0 Å². The predicted octanol–water partition coefficient (Wildman–Crippen LogP) is 1.86. The van der Waals surface area contributed by atoms with Crippen LogP contribution in [0.25, 0.3) is 10.9 Å². The van der Waals surface area contributed by atoms with E-state index in [1.807, 2.05) is 13.0 Å². The van der Waals surface area contributed by atoms with Gasteiger partial charge in [-0.1, -0.05) is 5.16 Å². The normalized spacial score (nSPS) is 21.3. The number of nitrogens with zero attached hydrogens (tertiary/aromatic N) is 4. The van der Waals surface area contributed by atoms with Gasteiger partial charge in [-0.05, 0) is 26.0 Å². The minimum absolute atomic E-state index is 0.123. The van der Waals surface area contributed by atoms with Gasteiger partial charge in [0.1, 0.15) is 11.7 Å². The first-order valence-corrected chi connectivity index (χ1v) is 7.79. The smallest absolute Gasteiger partial charge is 0.271 e. The Bertz CT molecular complexity index is 854. The molecule has 1 saturated heterocycles. The molecule has 8 nitrogen and oxygen atoms in total. The quantitative estimate of drug-likeness (QED) is 0.771. The molecule has 0 saturated carbocycles. The van der Waals surface area contributed by atoms with Crippen molar-refractivity contribution in [1.29, 1.82) is 0 Å². The van der Waals surface area contributed by atoms with Crippen LogP contribution in [0.5, 0.6) is 0 Å². The zero-order valence-corrected chi connectivity index (χ0v) is 13.4. The molecule has 3 aromatic rings. The number of ether oxygens (including phenoxy) is 1. The molecule has 3 aromatic heterocycles. The highest BCUT2D eigenvalue weighted by atomic mass is 16.5. The van der Waals surface area contributed by atoms with Crippen LogP contribution in [-0.4, -0.2) is 50.2 Å². The largest absolute Gasteiger partial charge is 0.374 e. The van der Waals surface area contributed by atoms with E-state index < -0.39 is 6.04 Å². The number of aryl methyl sites for hydroxylation is 1. The van der Waals surface area contributed by atoms with Gasteiger partial charge >= 0.3 is 0 Å². The standard InChI is InChI=1S/C16H17N5O3/c1-9-14(15-18-10(2)20-24-15)21(5-6-23-9)16(22)13-7-11-8-17-4-3-12(11)19-13/h3-4,7-9,14,19H,5-6H2,1-2H3/t9-,14+/m1/s1. The summed E-state index contributed by atoms with van der Waals surface area (Å²) in [6.45, 7) is 4.58. The van der Waals surface area contributed by atoms with Crippen molar-refractivity contribution in [3.63, 3.8) is 0 Å². The lowest BCUT2D eigenvalue weighted by Crippen LogP contribution is -2.47. The molecule has 0 aromatic carbocycles. The van der Waals surface area contributed by atoms with Crippen LogP contribution in [-0.2, 0) is 4.74 Å². The van der Waals surface area contributed by atoms with Crippen molar-refractivity contribution in [2.45, 2.75) is 26.0 Å². The van der Waals surface area contributed by atoms with Gasteiger partial charge in [0.05, 0.1) is 12.7 Å². The number of fused-ring (bicyclic) bond motifs is 1. The van der Waals surface area contributed by atoms with Crippen molar-refractivity contribution < 1.29 is 14.1 Å². The molecule has 8 heteroatoms. The molecule has 4 rings (SSSR count). The van der Waals surface area contributed by atoms with E-state index in [2.05, 4.69) is 20.1 Å². The summed E-state index contributed by atoms with van der Waals surface area (Å²) in [7, 11) is 0. The van der Waals surface area contributed by atoms with E-state index in [0.717, 1.165) is 10.9 Å². The summed E-state index contributed by atoms with van der Waals surface area (Å²) in [5, 5.41) is 4.73. The maximum atomic E-state index is 13.0. The molecule has 24 heavy (non-hydrogen) atoms. The fourth-order valence-electron chi connectivity index (χ4n) is 3.06. The average Bonchev–Trinajstić information content (AvgIpc) is 3.20. The highest BCUT2D eigenvalue weighted by Gasteiger charge is 2.38. The van der Waals surface area contributed by atoms with Gasteiger partial charge in [0.25, 0.3) is 11.8 Å². The molecular weight excluding hydrogens is 310 g/mol. The van der Waals surface area contributed by atoms with Crippen molar-refractivity contribution in [2.75, 3.05) is 13.2 Å². The summed E-state index contributed by atoms with van der Waals surface area (Å²) in [5.74, 6) is 0.805. The summed E-state index contributed by atoms with van der Waals surface area (Å²) in [6, 6.07) is 3.24. The SMILES string of the molecule is Cc1noc([C@@H]2[C@@H](C)OCCN2C(=O)c2cc3cnccc3[nH]2)n1. The first-order valence-electron chi connectivity index (χ1n) is 7.79. The van der Waals surface area contributed by atoms with Crippen LogP contribution in [0.1, 0.15) is 35.2 Å². The third-order valence-corrected chi connectivity index (χ3v) is 4.20. The highest BCUT2D eigenvalue weighted by Crippen LogP contribution is 2.30. The van der Waals surface area contributed by atoms with Crippen LogP contribution in [0.2, 0.25) is 0 Å². The van der Waals surface area contributed by atoms with E-state index in [1.54, 1.807) is 30.3 Å². The zero-order valence-electron chi connectivity index (χ0n) is 13.4. The van der Waals surface area contributed by atoms with Gasteiger partial charge in [-0.3, -0.25) is 9.78 Å². The van der Waals surface area contributed by atoms with Crippen molar-refractivity contribution in [1.82, 2.24) is 25.0 Å². The van der Waals surface area contributed by atoms with Crippen LogP contribution in [0.3, 0.4) is 0 Å². The Morgan fingerprint density at radius 1 is 1.46 bits per heavy atom. The van der Waals surface area contributed by atoms with E-state index in [4.69, 9.17) is 9.26 Å². The molecule has 1 fully saturated rings. The average molecular weight is 327 g/mol. The number of nitrogens with one attached hydrogen (secondary N) is 1. The Morgan fingerprint density at radius 2 is 2.33 bits per heavy atom. The molecule has 0 bridgehead atoms. The van der Waals surface area contributed by atoms with Gasteiger partial charge in [0.2, 0.25) is 0 Å². The number of aromatic nitrogens is 4. The Morgan fingerprint density at radius 3 is 3.08 bits per heavy atom. The Hall–Kier alpha value is -2.74. The van der Waals surface area contributed by atoms with E-state index in [9.17, 15) is 4.79 Å². The number of morpholine rings is 1. The zero-order chi connectivity index (χ0) is 16.7. The number of H-pyrrole nitrogens is 1. The Labute approximate surface area is 137 Å². The Balaban J connectivity index is 1.70. The summed E-state index contributed by atoms with van der Waals surface area (Å²) >= 11 is 0. The summed E-state index contributed by atoms with van der Waals surface area (Å²) in [5.41, 5.74) is 1.38. The third-order valence-electron chi connectivity index (χ3n) is 4.20. The molecule has 4 heterocycles. The number of pyridine rings is 1. The van der Waals surface area contributed by atoms with Crippen molar-refractivity contribution in [2.24, 2.45) is 0 Å². The molecule has 1 aliphatic heterocycles. The number of carbonyl (C=O) groups excluding carboxylic acids is 1. The summed E-state index contributed by atoms with van der Waals surface area (Å²) < 4.78 is 11.0. The van der Waals surface area contributed by atoms with Gasteiger partial charge in [-0.15, -0.1) is 0 Å². The van der Waals surface area contributed by atoms with Crippen LogP contribution in [0.15, 0.2) is 29.0 Å². The number of aromatic amines is 1. The van der Waals surface area contributed by atoms with E-state index in [1.165, 1.54) is 0 Å². The van der Waals surface area contributed by atoms with Crippen LogP contribution in [0, 0.1) is 6.92 Å². The monoisotopic (exact) mass is 327 g/mol.